The molecule has 0 aliphatic heterocycles. The molecule has 0 saturated carbocycles. The van der Waals surface area contributed by atoms with Crippen LogP contribution >= 0.6 is 11.9 Å². The number of aryl methyl sites for hydroxylation is 1. The van der Waals surface area contributed by atoms with Gasteiger partial charge in [-0.15, -0.1) is 0 Å². The van der Waals surface area contributed by atoms with Gasteiger partial charge in [0.05, 0.1) is 4.90 Å². The van der Waals surface area contributed by atoms with Crippen molar-refractivity contribution in [3.8, 4) is 0 Å². The topological polar surface area (TPSA) is 122 Å². The Labute approximate surface area is 110 Å². The Balaban J connectivity index is 0.000000360. The number of rotatable bonds is 3. The maximum absolute atomic E-state index is 10.5. The smallest absolute Gasteiger partial charge is 0.327 e. The van der Waals surface area contributed by atoms with Gasteiger partial charge in [0.15, 0.2) is 0 Å². The van der Waals surface area contributed by atoms with E-state index in [1.165, 1.54) is 24.1 Å². The zero-order valence-corrected chi connectivity index (χ0v) is 11.5. The van der Waals surface area contributed by atoms with Gasteiger partial charge in [-0.3, -0.25) is 9.98 Å². The van der Waals surface area contributed by atoms with E-state index in [1.54, 1.807) is 18.4 Å². The molecule has 5 N–H and O–H groups in total. The number of amides is 2. The summed E-state index contributed by atoms with van der Waals surface area (Å²) in [5.74, 6) is 0. The lowest BCUT2D eigenvalue weighted by molar-refractivity contribution is 0.248. The third-order valence-electron chi connectivity index (χ3n) is 1.60. The average molecular weight is 293 g/mol. The van der Waals surface area contributed by atoms with E-state index in [0.717, 1.165) is 5.56 Å². The van der Waals surface area contributed by atoms with Crippen LogP contribution in [0.1, 0.15) is 5.56 Å². The molecule has 0 aromatic heterocycles. The lowest BCUT2D eigenvalue weighted by Crippen LogP contribution is -2.36. The summed E-state index contributed by atoms with van der Waals surface area (Å²) in [6, 6.07) is 5.41. The van der Waals surface area contributed by atoms with E-state index in [0.29, 0.717) is 0 Å². The number of nitrogens with one attached hydrogen (secondary N) is 2. The van der Waals surface area contributed by atoms with Crippen LogP contribution in [0.5, 0.6) is 0 Å². The number of hydrogen-bond donors (Lipinski definition) is 4. The quantitative estimate of drug-likeness (QED) is 0.369. The highest BCUT2D eigenvalue weighted by atomic mass is 32.2. The normalized spacial score (nSPS) is 10.2. The highest BCUT2D eigenvalue weighted by molar-refractivity contribution is 7.96. The van der Waals surface area contributed by atoms with E-state index in [1.807, 2.05) is 6.92 Å². The van der Waals surface area contributed by atoms with Crippen molar-refractivity contribution in [2.24, 2.45) is 5.73 Å². The number of hydrogen-bond acceptors (Lipinski definition) is 5. The molecule has 0 unspecified atom stereocenters. The number of nitrogens with two attached hydrogens (primary N) is 1. The molecule has 0 atom stereocenters. The Morgan fingerprint density at radius 2 is 1.83 bits per heavy atom. The zero-order chi connectivity index (χ0) is 14.2. The van der Waals surface area contributed by atoms with Crippen LogP contribution < -0.4 is 16.0 Å². The summed E-state index contributed by atoms with van der Waals surface area (Å²) in [5.41, 5.74) is 7.76. The fourth-order valence-corrected chi connectivity index (χ4v) is 1.49. The van der Waals surface area contributed by atoms with Crippen molar-refractivity contribution in [2.75, 3.05) is 6.26 Å². The predicted molar refractivity (Wildman–Crippen MR) is 70.4 cm³/mol. The molecule has 2 amide bonds. The highest BCUT2D eigenvalue weighted by Crippen LogP contribution is 2.08. The van der Waals surface area contributed by atoms with Crippen molar-refractivity contribution < 1.29 is 17.8 Å². The molecule has 1 rings (SSSR count). The van der Waals surface area contributed by atoms with Gasteiger partial charge in [0.25, 0.3) is 10.1 Å². The standard InChI is InChI=1S/C7H8O3S.C2H7N3OS/c1-6-2-4-7(5-3-6)11(8,9)10;1-7-5-4-2(3)6/h2-5H,1H3,(H,8,9,10);5H,1H3,(H3,3,4,6). The number of carbonyl (C=O) groups excluding carboxylic acids is 1. The van der Waals surface area contributed by atoms with Crippen molar-refractivity contribution in [3.05, 3.63) is 29.8 Å². The lowest BCUT2D eigenvalue weighted by Gasteiger charge is -1.95. The third kappa shape index (κ3) is 7.90. The number of hydrazine groups is 1. The van der Waals surface area contributed by atoms with Gasteiger partial charge in [-0.2, -0.15) is 13.2 Å². The fourth-order valence-electron chi connectivity index (χ4n) is 0.812. The Hall–Kier alpha value is -1.29. The summed E-state index contributed by atoms with van der Waals surface area (Å²) in [4.78, 5) is 12.2. The van der Waals surface area contributed by atoms with Gasteiger partial charge in [-0.25, -0.2) is 4.79 Å². The Morgan fingerprint density at radius 3 is 2.11 bits per heavy atom. The molecule has 0 radical (unpaired) electrons. The Kier molecular flexibility index (Phi) is 7.36. The van der Waals surface area contributed by atoms with Gasteiger partial charge in [0.1, 0.15) is 0 Å². The first-order valence-corrected chi connectivity index (χ1v) is 7.31. The van der Waals surface area contributed by atoms with Crippen molar-refractivity contribution in [1.82, 2.24) is 10.3 Å². The first-order valence-electron chi connectivity index (χ1n) is 4.65. The number of carbonyl (C=O) groups is 1. The third-order valence-corrected chi connectivity index (χ3v) is 2.77. The molecule has 0 heterocycles. The summed E-state index contributed by atoms with van der Waals surface area (Å²) in [6.45, 7) is 1.84. The summed E-state index contributed by atoms with van der Waals surface area (Å²) in [7, 11) is -4.02. The van der Waals surface area contributed by atoms with E-state index in [2.05, 4.69) is 16.0 Å². The van der Waals surface area contributed by atoms with Crippen molar-refractivity contribution in [1.29, 1.82) is 0 Å². The summed E-state index contributed by atoms with van der Waals surface area (Å²) >= 11 is 1.27. The molecule has 0 aliphatic rings. The molecular weight excluding hydrogens is 278 g/mol. The minimum Gasteiger partial charge on any atom is -0.351 e. The predicted octanol–water partition coefficient (Wildman–Crippen LogP) is 0.679. The first kappa shape index (κ1) is 16.7. The first-order chi connectivity index (χ1) is 8.27. The molecule has 18 heavy (non-hydrogen) atoms. The molecule has 0 saturated heterocycles. The van der Waals surface area contributed by atoms with Gasteiger partial charge in [0.2, 0.25) is 0 Å². The van der Waals surface area contributed by atoms with Crippen LogP contribution in [0.3, 0.4) is 0 Å². The average Bonchev–Trinajstić information content (AvgIpc) is 2.26. The molecule has 7 nitrogen and oxygen atoms in total. The van der Waals surface area contributed by atoms with Crippen molar-refractivity contribution >= 4 is 28.1 Å². The van der Waals surface area contributed by atoms with E-state index in [4.69, 9.17) is 4.55 Å². The van der Waals surface area contributed by atoms with Gasteiger partial charge in [-0.05, 0) is 25.3 Å². The van der Waals surface area contributed by atoms with E-state index in [9.17, 15) is 13.2 Å². The summed E-state index contributed by atoms with van der Waals surface area (Å²) in [5, 5.41) is 0. The molecule has 0 fully saturated rings. The van der Waals surface area contributed by atoms with Crippen LogP contribution in [0, 0.1) is 6.92 Å². The van der Waals surface area contributed by atoms with E-state index < -0.39 is 16.1 Å². The molecule has 0 spiro atoms. The number of benzene rings is 1. The van der Waals surface area contributed by atoms with Gasteiger partial charge in [0, 0.05) is 0 Å². The number of primary amides is 1. The number of urea groups is 1. The second kappa shape index (κ2) is 7.93. The highest BCUT2D eigenvalue weighted by Gasteiger charge is 2.06. The minimum absolute atomic E-state index is 0.0666. The molecule has 1 aromatic carbocycles. The van der Waals surface area contributed by atoms with Crippen LogP contribution in [0.15, 0.2) is 29.2 Å². The summed E-state index contributed by atoms with van der Waals surface area (Å²) in [6.07, 6.45) is 1.77. The van der Waals surface area contributed by atoms with Crippen molar-refractivity contribution in [2.45, 2.75) is 11.8 Å². The Morgan fingerprint density at radius 1 is 1.33 bits per heavy atom. The maximum Gasteiger partial charge on any atom is 0.327 e. The second-order valence-electron chi connectivity index (χ2n) is 3.08. The maximum atomic E-state index is 10.5. The lowest BCUT2D eigenvalue weighted by atomic mass is 10.2. The second-order valence-corrected chi connectivity index (χ2v) is 5.12. The van der Waals surface area contributed by atoms with Crippen LogP contribution in [-0.2, 0) is 10.1 Å². The molecule has 102 valence electrons. The van der Waals surface area contributed by atoms with Crippen LogP contribution in [-0.4, -0.2) is 25.3 Å². The molecule has 1 aromatic rings. The SMILES string of the molecule is CSNNC(N)=O.Cc1ccc(S(=O)(=O)O)cc1. The van der Waals surface area contributed by atoms with Gasteiger partial charge in [-0.1, -0.05) is 29.6 Å². The largest absolute Gasteiger partial charge is 0.351 e. The molecular formula is C9H15N3O4S2. The van der Waals surface area contributed by atoms with Crippen LogP contribution in [0.2, 0.25) is 0 Å². The van der Waals surface area contributed by atoms with Crippen LogP contribution in [0.25, 0.3) is 0 Å². The zero-order valence-electron chi connectivity index (χ0n) is 9.88. The monoisotopic (exact) mass is 293 g/mol. The molecule has 9 heteroatoms. The van der Waals surface area contributed by atoms with Gasteiger partial charge < -0.3 is 5.73 Å². The van der Waals surface area contributed by atoms with Gasteiger partial charge >= 0.3 is 6.03 Å². The van der Waals surface area contributed by atoms with Crippen LogP contribution in [0.4, 0.5) is 4.79 Å². The molecule has 0 bridgehead atoms. The summed E-state index contributed by atoms with van der Waals surface area (Å²) < 4.78 is 29.6. The van der Waals surface area contributed by atoms with E-state index >= 15 is 0 Å². The van der Waals surface area contributed by atoms with E-state index in [-0.39, 0.29) is 4.90 Å². The minimum atomic E-state index is -4.02. The van der Waals surface area contributed by atoms with Crippen molar-refractivity contribution in [3.63, 3.8) is 0 Å². The fraction of sp³-hybridized carbons (Fsp3) is 0.222. The molecule has 0 aliphatic carbocycles. The Bertz CT molecular complexity index is 473.